The zero-order valence-corrected chi connectivity index (χ0v) is 11.6. The lowest BCUT2D eigenvalue weighted by atomic mass is 10.2. The fourth-order valence-corrected chi connectivity index (χ4v) is 2.46. The fraction of sp³-hybridized carbons (Fsp3) is 0.357. The summed E-state index contributed by atoms with van der Waals surface area (Å²) in [6, 6.07) is 8.09. The van der Waals surface area contributed by atoms with Gasteiger partial charge in [0.1, 0.15) is 5.75 Å². The number of benzene rings is 1. The molecule has 0 aliphatic carbocycles. The number of hydrogen-bond donors (Lipinski definition) is 1. The van der Waals surface area contributed by atoms with Gasteiger partial charge in [-0.3, -0.25) is 0 Å². The van der Waals surface area contributed by atoms with Crippen LogP contribution in [0, 0.1) is 6.92 Å². The van der Waals surface area contributed by atoms with Crippen molar-refractivity contribution < 1.29 is 4.74 Å². The van der Waals surface area contributed by atoms with E-state index in [9.17, 15) is 0 Å². The normalized spacial score (nSPS) is 10.6. The number of para-hydroxylation sites is 1. The molecule has 0 saturated heterocycles. The second-order valence-corrected chi connectivity index (χ2v) is 5.16. The Morgan fingerprint density at radius 1 is 1.33 bits per heavy atom. The highest BCUT2D eigenvalue weighted by Crippen LogP contribution is 2.16. The van der Waals surface area contributed by atoms with Gasteiger partial charge in [-0.15, -0.1) is 11.3 Å². The van der Waals surface area contributed by atoms with E-state index >= 15 is 0 Å². The van der Waals surface area contributed by atoms with Gasteiger partial charge in [-0.25, -0.2) is 4.98 Å². The van der Waals surface area contributed by atoms with Gasteiger partial charge in [0, 0.05) is 30.5 Å². The third kappa shape index (κ3) is 3.55. The van der Waals surface area contributed by atoms with E-state index < -0.39 is 0 Å². The molecule has 0 atom stereocenters. The van der Waals surface area contributed by atoms with Crippen LogP contribution >= 0.6 is 11.3 Å². The van der Waals surface area contributed by atoms with Gasteiger partial charge in [-0.2, -0.15) is 0 Å². The standard InChI is InChI=1S/C14H18N2OS/c1-11-16-13(10-18-11)7-8-15-9-12-5-3-4-6-14(12)17-2/h3-6,10,15H,7-9H2,1-2H3. The maximum absolute atomic E-state index is 5.31. The lowest BCUT2D eigenvalue weighted by molar-refractivity contribution is 0.408. The van der Waals surface area contributed by atoms with E-state index in [2.05, 4.69) is 21.7 Å². The van der Waals surface area contributed by atoms with Crippen LogP contribution < -0.4 is 10.1 Å². The Morgan fingerprint density at radius 3 is 2.89 bits per heavy atom. The summed E-state index contributed by atoms with van der Waals surface area (Å²) in [4.78, 5) is 4.44. The highest BCUT2D eigenvalue weighted by atomic mass is 32.1. The van der Waals surface area contributed by atoms with E-state index in [1.54, 1.807) is 18.4 Å². The molecule has 2 rings (SSSR count). The lowest BCUT2D eigenvalue weighted by Gasteiger charge is -2.08. The molecule has 96 valence electrons. The van der Waals surface area contributed by atoms with E-state index in [0.717, 1.165) is 30.3 Å². The van der Waals surface area contributed by atoms with Crippen molar-refractivity contribution >= 4 is 11.3 Å². The molecule has 1 heterocycles. The summed E-state index contributed by atoms with van der Waals surface area (Å²) in [5.41, 5.74) is 2.36. The summed E-state index contributed by atoms with van der Waals surface area (Å²) in [6.45, 7) is 3.80. The SMILES string of the molecule is COc1ccccc1CNCCc1csc(C)n1. The topological polar surface area (TPSA) is 34.1 Å². The monoisotopic (exact) mass is 262 g/mol. The summed E-state index contributed by atoms with van der Waals surface area (Å²) < 4.78 is 5.31. The summed E-state index contributed by atoms with van der Waals surface area (Å²) in [5, 5.41) is 6.68. The van der Waals surface area contributed by atoms with Crippen molar-refractivity contribution in [3.05, 3.63) is 45.9 Å². The van der Waals surface area contributed by atoms with Crippen molar-refractivity contribution in [3.8, 4) is 5.75 Å². The summed E-state index contributed by atoms with van der Waals surface area (Å²) in [7, 11) is 1.71. The van der Waals surface area contributed by atoms with E-state index in [-0.39, 0.29) is 0 Å². The van der Waals surface area contributed by atoms with Crippen molar-refractivity contribution in [1.82, 2.24) is 10.3 Å². The molecule has 0 amide bonds. The highest BCUT2D eigenvalue weighted by molar-refractivity contribution is 7.09. The first-order chi connectivity index (χ1) is 8.79. The zero-order valence-electron chi connectivity index (χ0n) is 10.8. The minimum atomic E-state index is 0.827. The number of rotatable bonds is 6. The van der Waals surface area contributed by atoms with Gasteiger partial charge < -0.3 is 10.1 Å². The molecule has 0 spiro atoms. The molecule has 1 aromatic carbocycles. The van der Waals surface area contributed by atoms with Gasteiger partial charge >= 0.3 is 0 Å². The second kappa shape index (κ2) is 6.52. The van der Waals surface area contributed by atoms with Gasteiger partial charge in [-0.05, 0) is 13.0 Å². The molecule has 2 aromatic rings. The Bertz CT molecular complexity index is 496. The molecule has 0 aliphatic heterocycles. The number of nitrogens with zero attached hydrogens (tertiary/aromatic N) is 1. The summed E-state index contributed by atoms with van der Waals surface area (Å²) >= 11 is 1.71. The highest BCUT2D eigenvalue weighted by Gasteiger charge is 2.01. The molecule has 0 radical (unpaired) electrons. The van der Waals surface area contributed by atoms with Crippen molar-refractivity contribution in [1.29, 1.82) is 0 Å². The molecule has 4 heteroatoms. The predicted molar refractivity (Wildman–Crippen MR) is 75.3 cm³/mol. The lowest BCUT2D eigenvalue weighted by Crippen LogP contribution is -2.17. The van der Waals surface area contributed by atoms with Crippen LogP contribution in [0.5, 0.6) is 5.75 Å². The van der Waals surface area contributed by atoms with Crippen LogP contribution in [-0.2, 0) is 13.0 Å². The van der Waals surface area contributed by atoms with E-state index in [4.69, 9.17) is 4.74 Å². The Hall–Kier alpha value is -1.39. The summed E-state index contributed by atoms with van der Waals surface area (Å²) in [6.07, 6.45) is 0.972. The number of ether oxygens (including phenoxy) is 1. The molecule has 0 unspecified atom stereocenters. The minimum Gasteiger partial charge on any atom is -0.496 e. The largest absolute Gasteiger partial charge is 0.496 e. The smallest absolute Gasteiger partial charge is 0.123 e. The van der Waals surface area contributed by atoms with Crippen LogP contribution in [0.3, 0.4) is 0 Å². The maximum atomic E-state index is 5.31. The first-order valence-electron chi connectivity index (χ1n) is 6.03. The third-order valence-corrected chi connectivity index (χ3v) is 3.55. The van der Waals surface area contributed by atoms with Crippen LogP contribution in [0.4, 0.5) is 0 Å². The molecule has 1 N–H and O–H groups in total. The minimum absolute atomic E-state index is 0.827. The first-order valence-corrected chi connectivity index (χ1v) is 6.91. The fourth-order valence-electron chi connectivity index (χ4n) is 1.81. The van der Waals surface area contributed by atoms with Crippen molar-refractivity contribution in [2.75, 3.05) is 13.7 Å². The van der Waals surface area contributed by atoms with Crippen molar-refractivity contribution in [2.45, 2.75) is 19.9 Å². The molecular weight excluding hydrogens is 244 g/mol. The Labute approximate surface area is 112 Å². The van der Waals surface area contributed by atoms with Crippen LogP contribution in [0.2, 0.25) is 0 Å². The Balaban J connectivity index is 1.78. The Kier molecular flexibility index (Phi) is 4.73. The van der Waals surface area contributed by atoms with Crippen molar-refractivity contribution in [3.63, 3.8) is 0 Å². The molecule has 1 aromatic heterocycles. The maximum Gasteiger partial charge on any atom is 0.123 e. The van der Waals surface area contributed by atoms with Gasteiger partial charge in [0.05, 0.1) is 17.8 Å². The number of nitrogens with one attached hydrogen (secondary N) is 1. The first kappa shape index (κ1) is 13.1. The molecular formula is C14H18N2OS. The number of thiazole rings is 1. The van der Waals surface area contributed by atoms with Crippen LogP contribution in [-0.4, -0.2) is 18.6 Å². The number of aromatic nitrogens is 1. The third-order valence-electron chi connectivity index (χ3n) is 2.73. The molecule has 3 nitrogen and oxygen atoms in total. The second-order valence-electron chi connectivity index (χ2n) is 4.10. The molecule has 0 fully saturated rings. The van der Waals surface area contributed by atoms with Gasteiger partial charge in [0.25, 0.3) is 0 Å². The quantitative estimate of drug-likeness (QED) is 0.813. The average Bonchev–Trinajstić information content (AvgIpc) is 2.81. The van der Waals surface area contributed by atoms with Crippen LogP contribution in [0.1, 0.15) is 16.3 Å². The Morgan fingerprint density at radius 2 is 2.17 bits per heavy atom. The average molecular weight is 262 g/mol. The van der Waals surface area contributed by atoms with Gasteiger partial charge in [0.2, 0.25) is 0 Å². The molecule has 18 heavy (non-hydrogen) atoms. The number of methoxy groups -OCH3 is 1. The van der Waals surface area contributed by atoms with E-state index in [1.165, 1.54) is 11.3 Å². The van der Waals surface area contributed by atoms with Gasteiger partial charge in [-0.1, -0.05) is 18.2 Å². The molecule has 0 bridgehead atoms. The molecule has 0 aliphatic rings. The van der Waals surface area contributed by atoms with Gasteiger partial charge in [0.15, 0.2) is 0 Å². The van der Waals surface area contributed by atoms with E-state index in [0.29, 0.717) is 0 Å². The number of hydrogen-bond acceptors (Lipinski definition) is 4. The van der Waals surface area contributed by atoms with E-state index in [1.807, 2.05) is 25.1 Å². The zero-order chi connectivity index (χ0) is 12.8. The number of aryl methyl sites for hydroxylation is 1. The predicted octanol–water partition coefficient (Wildman–Crippen LogP) is 2.79. The summed E-state index contributed by atoms with van der Waals surface area (Å²) in [5.74, 6) is 0.939. The van der Waals surface area contributed by atoms with Crippen LogP contribution in [0.15, 0.2) is 29.6 Å². The van der Waals surface area contributed by atoms with Crippen LogP contribution in [0.25, 0.3) is 0 Å². The van der Waals surface area contributed by atoms with Crippen molar-refractivity contribution in [2.24, 2.45) is 0 Å². The molecule has 0 saturated carbocycles.